The molecule has 6 nitrogen and oxygen atoms in total. The maximum atomic E-state index is 12.8. The van der Waals surface area contributed by atoms with Crippen molar-refractivity contribution in [3.8, 4) is 11.6 Å². The Bertz CT molecular complexity index is 1220. The van der Waals surface area contributed by atoms with Crippen molar-refractivity contribution in [1.82, 2.24) is 15.0 Å². The third-order valence-electron chi connectivity index (χ3n) is 4.66. The number of alkyl halides is 2. The maximum Gasteiger partial charge on any atom is 0.295 e. The number of rotatable bonds is 5. The Morgan fingerprint density at radius 1 is 1.07 bits per heavy atom. The van der Waals surface area contributed by atoms with E-state index in [9.17, 15) is 13.6 Å². The summed E-state index contributed by atoms with van der Waals surface area (Å²) < 4.78 is 31.3. The molecule has 0 aliphatic heterocycles. The number of ether oxygens (including phenoxy) is 1. The monoisotopic (exact) mass is 408 g/mol. The van der Waals surface area contributed by atoms with E-state index in [4.69, 9.17) is 4.74 Å². The minimum absolute atomic E-state index is 0.308. The molecule has 0 aliphatic rings. The van der Waals surface area contributed by atoms with Gasteiger partial charge in [0.15, 0.2) is 5.82 Å². The molecule has 0 radical (unpaired) electrons. The quantitative estimate of drug-likeness (QED) is 0.453. The number of carbonyl (C=O) groups is 1. The van der Waals surface area contributed by atoms with Gasteiger partial charge in [-0.2, -0.15) is 0 Å². The summed E-state index contributed by atoms with van der Waals surface area (Å²) in [6.07, 6.45) is -1.22. The summed E-state index contributed by atoms with van der Waals surface area (Å²) in [5.74, 6) is 0.258. The highest BCUT2D eigenvalue weighted by molar-refractivity contribution is 6.05. The Kier molecular flexibility index (Phi) is 5.14. The minimum Gasteiger partial charge on any atom is -0.439 e. The van der Waals surface area contributed by atoms with Crippen LogP contribution in [0.25, 0.3) is 11.0 Å². The lowest BCUT2D eigenvalue weighted by atomic mass is 10.1. The molecule has 2 N–H and O–H groups in total. The number of fused-ring (bicyclic) bond motifs is 1. The van der Waals surface area contributed by atoms with Crippen molar-refractivity contribution in [3.63, 3.8) is 0 Å². The molecule has 0 fully saturated rings. The van der Waals surface area contributed by atoms with Crippen LogP contribution in [0.3, 0.4) is 0 Å². The molecule has 0 bridgehead atoms. The van der Waals surface area contributed by atoms with E-state index in [0.29, 0.717) is 33.9 Å². The molecule has 8 heteroatoms. The minimum atomic E-state index is -2.70. The smallest absolute Gasteiger partial charge is 0.295 e. The van der Waals surface area contributed by atoms with E-state index in [-0.39, 0.29) is 0 Å². The van der Waals surface area contributed by atoms with E-state index in [1.54, 1.807) is 12.1 Å². The molecule has 2 aromatic heterocycles. The number of amides is 1. The molecule has 2 aromatic carbocycles. The molecule has 2 heterocycles. The predicted molar refractivity (Wildman–Crippen MR) is 109 cm³/mol. The Morgan fingerprint density at radius 3 is 2.60 bits per heavy atom. The Balaban J connectivity index is 1.45. The molecular formula is C22H18F2N4O2. The van der Waals surface area contributed by atoms with E-state index < -0.39 is 18.2 Å². The fourth-order valence-corrected chi connectivity index (χ4v) is 2.89. The lowest BCUT2D eigenvalue weighted by Gasteiger charge is -2.09. The molecule has 0 saturated heterocycles. The van der Waals surface area contributed by atoms with E-state index >= 15 is 0 Å². The van der Waals surface area contributed by atoms with Crippen molar-refractivity contribution in [1.29, 1.82) is 0 Å². The SMILES string of the molecule is Cc1ccc(Oc2ccc(NC(=O)c3ccc4nc(C(F)F)[nH]c4c3)cn2)cc1C. The van der Waals surface area contributed by atoms with Gasteiger partial charge in [-0.1, -0.05) is 6.07 Å². The van der Waals surface area contributed by atoms with Crippen molar-refractivity contribution in [2.24, 2.45) is 0 Å². The summed E-state index contributed by atoms with van der Waals surface area (Å²) in [5.41, 5.74) is 3.82. The number of aromatic amines is 1. The number of hydrogen-bond acceptors (Lipinski definition) is 4. The van der Waals surface area contributed by atoms with Crippen LogP contribution in [0.5, 0.6) is 11.6 Å². The number of imidazole rings is 1. The second-order valence-corrected chi connectivity index (χ2v) is 6.84. The van der Waals surface area contributed by atoms with Gasteiger partial charge in [-0.3, -0.25) is 4.79 Å². The molecule has 152 valence electrons. The Hall–Kier alpha value is -3.81. The number of anilines is 1. The van der Waals surface area contributed by atoms with E-state index in [1.165, 1.54) is 30.0 Å². The van der Waals surface area contributed by atoms with Gasteiger partial charge >= 0.3 is 0 Å². The first kappa shape index (κ1) is 19.5. The first-order valence-corrected chi connectivity index (χ1v) is 9.19. The number of nitrogens with one attached hydrogen (secondary N) is 2. The highest BCUT2D eigenvalue weighted by Gasteiger charge is 2.14. The average Bonchev–Trinajstić information content (AvgIpc) is 3.16. The topological polar surface area (TPSA) is 79.9 Å². The summed E-state index contributed by atoms with van der Waals surface area (Å²) in [6, 6.07) is 13.6. The van der Waals surface area contributed by atoms with Gasteiger partial charge < -0.3 is 15.0 Å². The number of aromatic nitrogens is 3. The van der Waals surface area contributed by atoms with Crippen LogP contribution in [0.15, 0.2) is 54.7 Å². The molecular weight excluding hydrogens is 390 g/mol. The molecule has 0 unspecified atom stereocenters. The molecule has 1 amide bonds. The van der Waals surface area contributed by atoms with Crippen molar-refractivity contribution >= 4 is 22.6 Å². The molecule has 30 heavy (non-hydrogen) atoms. The van der Waals surface area contributed by atoms with E-state index in [1.807, 2.05) is 32.0 Å². The van der Waals surface area contributed by atoms with Gasteiger partial charge in [0, 0.05) is 11.6 Å². The van der Waals surface area contributed by atoms with Crippen LogP contribution in [-0.2, 0) is 0 Å². The zero-order valence-electron chi connectivity index (χ0n) is 16.2. The van der Waals surface area contributed by atoms with Crippen molar-refractivity contribution < 1.29 is 18.3 Å². The van der Waals surface area contributed by atoms with Crippen LogP contribution in [-0.4, -0.2) is 20.9 Å². The second kappa shape index (κ2) is 7.90. The number of aryl methyl sites for hydroxylation is 2. The van der Waals surface area contributed by atoms with Crippen LogP contribution >= 0.6 is 0 Å². The van der Waals surface area contributed by atoms with E-state index in [0.717, 1.165) is 5.56 Å². The summed E-state index contributed by atoms with van der Waals surface area (Å²) in [5, 5.41) is 2.72. The van der Waals surface area contributed by atoms with Crippen molar-refractivity contribution in [2.45, 2.75) is 20.3 Å². The molecule has 0 aliphatic carbocycles. The van der Waals surface area contributed by atoms with Gasteiger partial charge in [-0.15, -0.1) is 0 Å². The van der Waals surface area contributed by atoms with Gasteiger partial charge in [0.25, 0.3) is 12.3 Å². The lowest BCUT2D eigenvalue weighted by Crippen LogP contribution is -2.11. The number of nitrogens with zero attached hydrogens (tertiary/aromatic N) is 2. The number of benzene rings is 2. The van der Waals surface area contributed by atoms with Crippen LogP contribution < -0.4 is 10.1 Å². The van der Waals surface area contributed by atoms with Gasteiger partial charge in [-0.25, -0.2) is 18.7 Å². The number of carbonyl (C=O) groups excluding carboxylic acids is 1. The summed E-state index contributed by atoms with van der Waals surface area (Å²) >= 11 is 0. The highest BCUT2D eigenvalue weighted by atomic mass is 19.3. The fourth-order valence-electron chi connectivity index (χ4n) is 2.89. The fraction of sp³-hybridized carbons (Fsp3) is 0.136. The zero-order valence-corrected chi connectivity index (χ0v) is 16.2. The lowest BCUT2D eigenvalue weighted by molar-refractivity contribution is 0.102. The van der Waals surface area contributed by atoms with Crippen LogP contribution in [0.4, 0.5) is 14.5 Å². The van der Waals surface area contributed by atoms with Crippen molar-refractivity contribution in [3.05, 3.63) is 77.2 Å². The van der Waals surface area contributed by atoms with Crippen LogP contribution in [0, 0.1) is 13.8 Å². The molecule has 0 saturated carbocycles. The molecule has 4 rings (SSSR count). The van der Waals surface area contributed by atoms with Gasteiger partial charge in [0.05, 0.1) is 22.9 Å². The Labute approximate surface area is 170 Å². The number of hydrogen-bond donors (Lipinski definition) is 2. The van der Waals surface area contributed by atoms with Crippen LogP contribution in [0.1, 0.15) is 33.7 Å². The number of pyridine rings is 1. The molecule has 0 spiro atoms. The second-order valence-electron chi connectivity index (χ2n) is 6.84. The summed E-state index contributed by atoms with van der Waals surface area (Å²) in [7, 11) is 0. The van der Waals surface area contributed by atoms with Gasteiger partial charge in [0.2, 0.25) is 5.88 Å². The molecule has 4 aromatic rings. The maximum absolute atomic E-state index is 12.8. The normalized spacial score (nSPS) is 11.1. The van der Waals surface area contributed by atoms with E-state index in [2.05, 4.69) is 20.3 Å². The predicted octanol–water partition coefficient (Wildman–Crippen LogP) is 5.56. The first-order chi connectivity index (χ1) is 14.4. The third kappa shape index (κ3) is 4.12. The van der Waals surface area contributed by atoms with Crippen LogP contribution in [0.2, 0.25) is 0 Å². The molecule has 0 atom stereocenters. The van der Waals surface area contributed by atoms with Gasteiger partial charge in [0.1, 0.15) is 5.75 Å². The largest absolute Gasteiger partial charge is 0.439 e. The average molecular weight is 408 g/mol. The Morgan fingerprint density at radius 2 is 1.90 bits per heavy atom. The first-order valence-electron chi connectivity index (χ1n) is 9.19. The number of halogens is 2. The summed E-state index contributed by atoms with van der Waals surface area (Å²) in [4.78, 5) is 23.0. The zero-order chi connectivity index (χ0) is 21.3. The third-order valence-corrected chi connectivity index (χ3v) is 4.66. The summed E-state index contributed by atoms with van der Waals surface area (Å²) in [6.45, 7) is 4.03. The van der Waals surface area contributed by atoms with Crippen molar-refractivity contribution in [2.75, 3.05) is 5.32 Å². The standard InChI is InChI=1S/C22H18F2N4O2/c1-12-3-6-16(9-13(12)2)30-19-8-5-15(11-25-19)26-22(29)14-4-7-17-18(10-14)28-21(27-17)20(23)24/h3-11,20H,1-2H3,(H,26,29)(H,27,28). The van der Waals surface area contributed by atoms with Gasteiger partial charge in [-0.05, 0) is 61.4 Å². The number of H-pyrrole nitrogens is 1. The highest BCUT2D eigenvalue weighted by Crippen LogP contribution is 2.24.